The third-order valence-electron chi connectivity index (χ3n) is 7.42. The fourth-order valence-electron chi connectivity index (χ4n) is 4.83. The Morgan fingerprint density at radius 3 is 1.37 bits per heavy atom. The number of aliphatic carboxylic acids is 1. The lowest BCUT2D eigenvalue weighted by Crippen LogP contribution is -2.59. The predicted octanol–water partition coefficient (Wildman–Crippen LogP) is 0.831. The third-order valence-corrected chi connectivity index (χ3v) is 7.42. The van der Waals surface area contributed by atoms with Crippen LogP contribution in [0.2, 0.25) is 0 Å². The van der Waals surface area contributed by atoms with Crippen LogP contribution in [0.15, 0.2) is 0 Å². The van der Waals surface area contributed by atoms with Gasteiger partial charge in [0.05, 0.1) is 37.1 Å². The Balaban J connectivity index is 5.57. The Labute approximate surface area is 273 Å². The number of aliphatic hydroxyl groups excluding tert-OH is 2. The van der Waals surface area contributed by atoms with E-state index in [1.807, 2.05) is 27.7 Å². The molecule has 0 heterocycles. The number of carboxylic acids is 1. The molecule has 5 amide bonds. The summed E-state index contributed by atoms with van der Waals surface area (Å²) in [7, 11) is 0. The highest BCUT2D eigenvalue weighted by atomic mass is 16.4. The van der Waals surface area contributed by atoms with Crippen molar-refractivity contribution in [2.24, 2.45) is 23.7 Å². The zero-order valence-electron chi connectivity index (χ0n) is 29.2. The van der Waals surface area contributed by atoms with E-state index < -0.39 is 84.9 Å². The normalized spacial score (nSPS) is 16.2. The molecule has 46 heavy (non-hydrogen) atoms. The first-order valence-electron chi connectivity index (χ1n) is 16.3. The summed E-state index contributed by atoms with van der Waals surface area (Å²) in [5.74, 6) is -4.38. The number of hydrogen-bond donors (Lipinski definition) is 8. The van der Waals surface area contributed by atoms with E-state index in [1.54, 1.807) is 34.6 Å². The SMILES string of the molecule is CCC(=O)N[C@@H](C(=O)N[C@@H](C(=O)N[C@@H](CC(C)C)[C@H](O)CC(=O)N[C@@H](C)C(=O)N[C@@H](CC(C)C)[C@H](O)CC(=O)O)C(C)C)C(C)C. The maximum absolute atomic E-state index is 13.4. The van der Waals surface area contributed by atoms with Gasteiger partial charge in [-0.25, -0.2) is 0 Å². The van der Waals surface area contributed by atoms with Crippen LogP contribution < -0.4 is 26.6 Å². The molecule has 14 nitrogen and oxygen atoms in total. The van der Waals surface area contributed by atoms with Gasteiger partial charge in [-0.2, -0.15) is 0 Å². The quantitative estimate of drug-likeness (QED) is 0.0874. The van der Waals surface area contributed by atoms with Gasteiger partial charge < -0.3 is 41.9 Å². The average molecular weight is 658 g/mol. The highest BCUT2D eigenvalue weighted by molar-refractivity contribution is 5.92. The number of carboxylic acid groups (broad SMARTS) is 1. The Bertz CT molecular complexity index is 1020. The summed E-state index contributed by atoms with van der Waals surface area (Å²) in [6.45, 7) is 17.6. The summed E-state index contributed by atoms with van der Waals surface area (Å²) in [6.07, 6.45) is -2.81. The van der Waals surface area contributed by atoms with E-state index in [2.05, 4.69) is 26.6 Å². The molecule has 0 aliphatic carbocycles. The maximum Gasteiger partial charge on any atom is 0.306 e. The Hall–Kier alpha value is -3.26. The molecule has 0 spiro atoms. The van der Waals surface area contributed by atoms with Crippen molar-refractivity contribution in [3.05, 3.63) is 0 Å². The second kappa shape index (κ2) is 20.8. The average Bonchev–Trinajstić information content (AvgIpc) is 2.91. The molecule has 7 atom stereocenters. The minimum Gasteiger partial charge on any atom is -0.481 e. The molecular formula is C32H59N5O9. The van der Waals surface area contributed by atoms with Crippen LogP contribution in [0.5, 0.6) is 0 Å². The Morgan fingerprint density at radius 1 is 0.543 bits per heavy atom. The summed E-state index contributed by atoms with van der Waals surface area (Å²) in [6, 6.07) is -4.59. The van der Waals surface area contributed by atoms with Crippen molar-refractivity contribution in [3.8, 4) is 0 Å². The second-order valence-corrected chi connectivity index (χ2v) is 13.6. The van der Waals surface area contributed by atoms with E-state index in [-0.39, 0.29) is 36.0 Å². The van der Waals surface area contributed by atoms with Gasteiger partial charge in [0, 0.05) is 6.42 Å². The molecular weight excluding hydrogens is 598 g/mol. The van der Waals surface area contributed by atoms with Gasteiger partial charge in [0.1, 0.15) is 18.1 Å². The number of amides is 5. The summed E-state index contributed by atoms with van der Waals surface area (Å²) in [5, 5.41) is 43.6. The van der Waals surface area contributed by atoms with Crippen molar-refractivity contribution in [2.75, 3.05) is 0 Å². The molecule has 0 aromatic carbocycles. The van der Waals surface area contributed by atoms with Gasteiger partial charge in [0.15, 0.2) is 0 Å². The third kappa shape index (κ3) is 16.3. The van der Waals surface area contributed by atoms with Crippen LogP contribution in [-0.2, 0) is 28.8 Å². The number of nitrogens with one attached hydrogen (secondary N) is 5. The molecule has 0 saturated heterocycles. The van der Waals surface area contributed by atoms with E-state index in [0.29, 0.717) is 12.8 Å². The van der Waals surface area contributed by atoms with Gasteiger partial charge in [-0.1, -0.05) is 62.3 Å². The number of carbonyl (C=O) groups is 6. The largest absolute Gasteiger partial charge is 0.481 e. The predicted molar refractivity (Wildman–Crippen MR) is 173 cm³/mol. The molecule has 0 bridgehead atoms. The van der Waals surface area contributed by atoms with Crippen LogP contribution in [0.25, 0.3) is 0 Å². The van der Waals surface area contributed by atoms with Crippen LogP contribution in [0.4, 0.5) is 0 Å². The fourth-order valence-corrected chi connectivity index (χ4v) is 4.83. The first kappa shape index (κ1) is 42.7. The van der Waals surface area contributed by atoms with Crippen LogP contribution in [0.1, 0.15) is 101 Å². The fraction of sp³-hybridized carbons (Fsp3) is 0.812. The number of carbonyl (C=O) groups excluding carboxylic acids is 5. The number of aliphatic hydroxyl groups is 2. The van der Waals surface area contributed by atoms with Gasteiger partial charge in [-0.15, -0.1) is 0 Å². The summed E-state index contributed by atoms with van der Waals surface area (Å²) < 4.78 is 0. The van der Waals surface area contributed by atoms with E-state index in [1.165, 1.54) is 6.92 Å². The number of hydrogen-bond acceptors (Lipinski definition) is 8. The monoisotopic (exact) mass is 657 g/mol. The van der Waals surface area contributed by atoms with E-state index >= 15 is 0 Å². The van der Waals surface area contributed by atoms with Crippen molar-refractivity contribution in [2.45, 2.75) is 144 Å². The smallest absolute Gasteiger partial charge is 0.306 e. The Kier molecular flexibility index (Phi) is 19.3. The highest BCUT2D eigenvalue weighted by Gasteiger charge is 2.33. The summed E-state index contributed by atoms with van der Waals surface area (Å²) in [4.78, 5) is 75.2. The van der Waals surface area contributed by atoms with E-state index in [4.69, 9.17) is 5.11 Å². The van der Waals surface area contributed by atoms with Crippen molar-refractivity contribution in [3.63, 3.8) is 0 Å². The summed E-state index contributed by atoms with van der Waals surface area (Å²) >= 11 is 0. The summed E-state index contributed by atoms with van der Waals surface area (Å²) in [5.41, 5.74) is 0. The van der Waals surface area contributed by atoms with Crippen LogP contribution in [-0.4, -0.2) is 93.2 Å². The lowest BCUT2D eigenvalue weighted by Gasteiger charge is -2.31. The lowest BCUT2D eigenvalue weighted by atomic mass is 9.95. The molecule has 0 unspecified atom stereocenters. The molecule has 8 N–H and O–H groups in total. The van der Waals surface area contributed by atoms with Gasteiger partial charge >= 0.3 is 5.97 Å². The van der Waals surface area contributed by atoms with Crippen LogP contribution >= 0.6 is 0 Å². The van der Waals surface area contributed by atoms with Crippen molar-refractivity contribution in [1.29, 1.82) is 0 Å². The Morgan fingerprint density at radius 2 is 0.957 bits per heavy atom. The molecule has 0 radical (unpaired) electrons. The van der Waals surface area contributed by atoms with Gasteiger partial charge in [-0.05, 0) is 43.4 Å². The van der Waals surface area contributed by atoms with Crippen molar-refractivity contribution < 1.29 is 44.1 Å². The first-order valence-corrected chi connectivity index (χ1v) is 16.3. The molecule has 0 rings (SSSR count). The standard InChI is InChI=1S/C32H59N5O9/c1-11-25(40)36-28(18(6)7)32(46)37-29(19(8)9)31(45)35-21(12-16(2)3)23(38)14-26(41)33-20(10)30(44)34-22(13-17(4)5)24(39)15-27(42)43/h16-24,28-29,38-39H,11-15H2,1-10H3,(H,33,41)(H,34,44)(H,35,45)(H,36,40)(H,37,46)(H,42,43)/t20-,21-,22-,23+,24+,28+,29+/m0/s1. The van der Waals surface area contributed by atoms with Crippen LogP contribution in [0.3, 0.4) is 0 Å². The molecule has 0 fully saturated rings. The minimum atomic E-state index is -1.33. The molecule has 0 aliphatic rings. The molecule has 0 aromatic heterocycles. The topological polar surface area (TPSA) is 223 Å². The first-order chi connectivity index (χ1) is 21.2. The van der Waals surface area contributed by atoms with E-state index in [0.717, 1.165) is 0 Å². The van der Waals surface area contributed by atoms with Crippen LogP contribution in [0, 0.1) is 23.7 Å². The molecule has 266 valence electrons. The minimum absolute atomic E-state index is 0.0181. The van der Waals surface area contributed by atoms with E-state index in [9.17, 15) is 39.0 Å². The van der Waals surface area contributed by atoms with Crippen molar-refractivity contribution >= 4 is 35.5 Å². The highest BCUT2D eigenvalue weighted by Crippen LogP contribution is 2.15. The van der Waals surface area contributed by atoms with Gasteiger partial charge in [0.2, 0.25) is 29.5 Å². The zero-order valence-corrected chi connectivity index (χ0v) is 29.2. The van der Waals surface area contributed by atoms with Gasteiger partial charge in [0.25, 0.3) is 0 Å². The zero-order chi connectivity index (χ0) is 35.9. The van der Waals surface area contributed by atoms with Crippen molar-refractivity contribution in [1.82, 2.24) is 26.6 Å². The van der Waals surface area contributed by atoms with Gasteiger partial charge in [-0.3, -0.25) is 28.8 Å². The maximum atomic E-state index is 13.4. The molecule has 0 aromatic rings. The lowest BCUT2D eigenvalue weighted by molar-refractivity contribution is -0.140. The molecule has 0 aliphatic heterocycles. The molecule has 0 saturated carbocycles. The second-order valence-electron chi connectivity index (χ2n) is 13.6. The molecule has 14 heteroatoms. The number of rotatable bonds is 21.